The number of hydrogen-bond acceptors (Lipinski definition) is 5. The van der Waals surface area contributed by atoms with Gasteiger partial charge >= 0.3 is 0 Å². The molecule has 0 bridgehead atoms. The SMILES string of the molecule is CN(C[C@H](O)CN1C(=O)c2ccccc2C1=O)c1cnn(C)c1. The summed E-state index contributed by atoms with van der Waals surface area (Å²) in [7, 11) is 3.63. The van der Waals surface area contributed by atoms with E-state index in [1.54, 1.807) is 35.1 Å². The average molecular weight is 314 g/mol. The van der Waals surface area contributed by atoms with Crippen LogP contribution in [0.25, 0.3) is 0 Å². The first kappa shape index (κ1) is 15.2. The number of nitrogens with zero attached hydrogens (tertiary/aromatic N) is 4. The molecular weight excluding hydrogens is 296 g/mol. The van der Waals surface area contributed by atoms with E-state index in [9.17, 15) is 14.7 Å². The van der Waals surface area contributed by atoms with Gasteiger partial charge in [-0.25, -0.2) is 0 Å². The maximum atomic E-state index is 12.3. The maximum Gasteiger partial charge on any atom is 0.261 e. The lowest BCUT2D eigenvalue weighted by Crippen LogP contribution is -2.41. The lowest BCUT2D eigenvalue weighted by Gasteiger charge is -2.24. The second-order valence-corrected chi connectivity index (χ2v) is 5.67. The fraction of sp³-hybridized carbons (Fsp3) is 0.312. The molecule has 2 amide bonds. The van der Waals surface area contributed by atoms with Crippen LogP contribution in [0.15, 0.2) is 36.7 Å². The van der Waals surface area contributed by atoms with Crippen molar-refractivity contribution in [2.45, 2.75) is 6.10 Å². The van der Waals surface area contributed by atoms with E-state index in [2.05, 4.69) is 5.10 Å². The first-order chi connectivity index (χ1) is 11.0. The molecule has 0 saturated carbocycles. The second-order valence-electron chi connectivity index (χ2n) is 5.67. The molecule has 1 aliphatic rings. The first-order valence-electron chi connectivity index (χ1n) is 7.30. The number of β-amino-alcohol motifs (C(OH)–C–C–N with tert-alkyl or cyclic N) is 1. The van der Waals surface area contributed by atoms with Crippen molar-refractivity contribution in [3.63, 3.8) is 0 Å². The van der Waals surface area contributed by atoms with E-state index in [4.69, 9.17) is 0 Å². The predicted molar refractivity (Wildman–Crippen MR) is 84.3 cm³/mol. The molecule has 0 unspecified atom stereocenters. The summed E-state index contributed by atoms with van der Waals surface area (Å²) in [4.78, 5) is 27.5. The maximum absolute atomic E-state index is 12.3. The molecule has 2 aromatic rings. The van der Waals surface area contributed by atoms with Crippen LogP contribution in [-0.2, 0) is 7.05 Å². The molecule has 1 N–H and O–H groups in total. The first-order valence-corrected chi connectivity index (χ1v) is 7.30. The van der Waals surface area contributed by atoms with Gasteiger partial charge in [0, 0.05) is 26.8 Å². The van der Waals surface area contributed by atoms with Crippen LogP contribution in [0.4, 0.5) is 5.69 Å². The zero-order valence-corrected chi connectivity index (χ0v) is 13.0. The van der Waals surface area contributed by atoms with E-state index < -0.39 is 6.10 Å². The lowest BCUT2D eigenvalue weighted by molar-refractivity contribution is 0.0552. The quantitative estimate of drug-likeness (QED) is 0.814. The minimum atomic E-state index is -0.845. The minimum Gasteiger partial charge on any atom is -0.389 e. The molecule has 0 radical (unpaired) electrons. The van der Waals surface area contributed by atoms with Gasteiger partial charge < -0.3 is 10.0 Å². The van der Waals surface area contributed by atoms with Crippen molar-refractivity contribution in [1.29, 1.82) is 0 Å². The summed E-state index contributed by atoms with van der Waals surface area (Å²) < 4.78 is 1.67. The molecule has 1 atom stereocenters. The Morgan fingerprint density at radius 1 is 1.22 bits per heavy atom. The number of imide groups is 1. The number of fused-ring (bicyclic) bond motifs is 1. The number of aliphatic hydroxyl groups is 1. The predicted octanol–water partition coefficient (Wildman–Crippen LogP) is 0.513. The van der Waals surface area contributed by atoms with Crippen molar-refractivity contribution in [1.82, 2.24) is 14.7 Å². The molecule has 0 spiro atoms. The van der Waals surface area contributed by atoms with Crippen molar-refractivity contribution >= 4 is 17.5 Å². The Morgan fingerprint density at radius 3 is 2.35 bits per heavy atom. The molecule has 1 aromatic carbocycles. The van der Waals surface area contributed by atoms with E-state index in [1.165, 1.54) is 0 Å². The van der Waals surface area contributed by atoms with Gasteiger partial charge in [0.05, 0.1) is 35.7 Å². The summed E-state index contributed by atoms with van der Waals surface area (Å²) in [5.41, 5.74) is 1.64. The molecule has 7 heteroatoms. The average Bonchev–Trinajstić information content (AvgIpc) is 3.06. The molecule has 23 heavy (non-hydrogen) atoms. The monoisotopic (exact) mass is 314 g/mol. The van der Waals surface area contributed by atoms with Gasteiger partial charge in [0.15, 0.2) is 0 Å². The molecule has 1 aliphatic heterocycles. The Morgan fingerprint density at radius 2 is 1.83 bits per heavy atom. The van der Waals surface area contributed by atoms with Gasteiger partial charge in [0.2, 0.25) is 0 Å². The third-order valence-electron chi connectivity index (χ3n) is 3.89. The Kier molecular flexibility index (Phi) is 3.87. The highest BCUT2D eigenvalue weighted by atomic mass is 16.3. The Hall–Kier alpha value is -2.67. The molecule has 0 fully saturated rings. The number of rotatable bonds is 5. The number of anilines is 1. The van der Waals surface area contributed by atoms with Gasteiger partial charge in [0.1, 0.15) is 0 Å². The number of amides is 2. The van der Waals surface area contributed by atoms with Crippen molar-refractivity contribution in [3.05, 3.63) is 47.8 Å². The van der Waals surface area contributed by atoms with Crippen molar-refractivity contribution in [3.8, 4) is 0 Å². The number of carbonyl (C=O) groups excluding carboxylic acids is 2. The van der Waals surface area contributed by atoms with Crippen LogP contribution in [-0.4, -0.2) is 57.8 Å². The van der Waals surface area contributed by atoms with E-state index >= 15 is 0 Å². The van der Waals surface area contributed by atoms with E-state index in [0.717, 1.165) is 10.6 Å². The number of aliphatic hydroxyl groups excluding tert-OH is 1. The van der Waals surface area contributed by atoms with E-state index in [1.807, 2.05) is 25.2 Å². The van der Waals surface area contributed by atoms with Crippen LogP contribution < -0.4 is 4.90 Å². The van der Waals surface area contributed by atoms with Gasteiger partial charge in [-0.1, -0.05) is 12.1 Å². The molecule has 120 valence electrons. The molecule has 3 rings (SSSR count). The summed E-state index contributed by atoms with van der Waals surface area (Å²) in [6.07, 6.45) is 2.67. The van der Waals surface area contributed by atoms with Crippen LogP contribution in [0.3, 0.4) is 0 Å². The van der Waals surface area contributed by atoms with Gasteiger partial charge in [-0.05, 0) is 12.1 Å². The van der Waals surface area contributed by atoms with Crippen LogP contribution in [0.1, 0.15) is 20.7 Å². The topological polar surface area (TPSA) is 78.7 Å². The smallest absolute Gasteiger partial charge is 0.261 e. The normalized spacial score (nSPS) is 15.0. The van der Waals surface area contributed by atoms with Crippen molar-refractivity contribution in [2.75, 3.05) is 25.0 Å². The number of aryl methyl sites for hydroxylation is 1. The van der Waals surface area contributed by atoms with Crippen LogP contribution >= 0.6 is 0 Å². The Labute approximate surface area is 133 Å². The number of carbonyl (C=O) groups is 2. The number of aromatic nitrogens is 2. The fourth-order valence-corrected chi connectivity index (χ4v) is 2.70. The highest BCUT2D eigenvalue weighted by Gasteiger charge is 2.36. The standard InChI is InChI=1S/C16H18N4O3/c1-18(11-7-17-19(2)8-11)9-12(21)10-20-15(22)13-5-3-4-6-14(13)16(20)23/h3-8,12,21H,9-10H2,1-2H3/t12-/m0/s1. The number of benzene rings is 1. The van der Waals surface area contributed by atoms with Gasteiger partial charge in [0.25, 0.3) is 11.8 Å². The second kappa shape index (κ2) is 5.85. The highest BCUT2D eigenvalue weighted by molar-refractivity contribution is 6.21. The Balaban J connectivity index is 1.66. The summed E-state index contributed by atoms with van der Waals surface area (Å²) in [6, 6.07) is 6.70. The summed E-state index contributed by atoms with van der Waals surface area (Å²) in [6.45, 7) is 0.260. The summed E-state index contributed by atoms with van der Waals surface area (Å²) in [5.74, 6) is -0.706. The van der Waals surface area contributed by atoms with Crippen molar-refractivity contribution < 1.29 is 14.7 Å². The number of hydrogen-bond donors (Lipinski definition) is 1. The molecular formula is C16H18N4O3. The van der Waals surface area contributed by atoms with E-state index in [-0.39, 0.29) is 18.4 Å². The highest BCUT2D eigenvalue weighted by Crippen LogP contribution is 2.22. The van der Waals surface area contributed by atoms with Gasteiger partial charge in [-0.3, -0.25) is 19.2 Å². The van der Waals surface area contributed by atoms with Gasteiger partial charge in [-0.15, -0.1) is 0 Å². The zero-order chi connectivity index (χ0) is 16.6. The fourth-order valence-electron chi connectivity index (χ4n) is 2.70. The minimum absolute atomic E-state index is 0.0308. The van der Waals surface area contributed by atoms with Crippen molar-refractivity contribution in [2.24, 2.45) is 7.05 Å². The lowest BCUT2D eigenvalue weighted by atomic mass is 10.1. The molecule has 7 nitrogen and oxygen atoms in total. The van der Waals surface area contributed by atoms with E-state index in [0.29, 0.717) is 17.7 Å². The molecule has 1 aromatic heterocycles. The Bertz CT molecular complexity index is 720. The summed E-state index contributed by atoms with van der Waals surface area (Å²) in [5, 5.41) is 14.3. The largest absolute Gasteiger partial charge is 0.389 e. The van der Waals surface area contributed by atoms with Gasteiger partial charge in [-0.2, -0.15) is 5.10 Å². The zero-order valence-electron chi connectivity index (χ0n) is 13.0. The van der Waals surface area contributed by atoms with Crippen LogP contribution in [0, 0.1) is 0 Å². The molecule has 2 heterocycles. The number of likely N-dealkylation sites (N-methyl/N-ethyl adjacent to an activating group) is 1. The third-order valence-corrected chi connectivity index (χ3v) is 3.89. The van der Waals surface area contributed by atoms with Crippen LogP contribution in [0.5, 0.6) is 0 Å². The summed E-state index contributed by atoms with van der Waals surface area (Å²) >= 11 is 0. The molecule has 0 aliphatic carbocycles. The third kappa shape index (κ3) is 2.83. The van der Waals surface area contributed by atoms with Crippen LogP contribution in [0.2, 0.25) is 0 Å². The molecule has 0 saturated heterocycles.